The van der Waals surface area contributed by atoms with E-state index in [0.29, 0.717) is 19.4 Å². The van der Waals surface area contributed by atoms with E-state index in [-0.39, 0.29) is 53.4 Å². The van der Waals surface area contributed by atoms with Crippen LogP contribution in [0.5, 0.6) is 5.75 Å². The molecule has 52 heavy (non-hydrogen) atoms. The van der Waals surface area contributed by atoms with E-state index >= 15 is 0 Å². The Hall–Kier alpha value is -4.18. The van der Waals surface area contributed by atoms with Crippen molar-refractivity contribution in [3.05, 3.63) is 83.4 Å². The summed E-state index contributed by atoms with van der Waals surface area (Å²) in [5.41, 5.74) is 0.523. The fourth-order valence-corrected chi connectivity index (χ4v) is 6.92. The molecule has 1 heterocycles. The van der Waals surface area contributed by atoms with E-state index in [0.717, 1.165) is 36.2 Å². The Labute approximate surface area is 303 Å². The number of rotatable bonds is 8. The maximum atomic E-state index is 14.4. The third-order valence-corrected chi connectivity index (χ3v) is 10.8. The molecule has 0 aliphatic carbocycles. The van der Waals surface area contributed by atoms with E-state index in [1.807, 2.05) is 20.8 Å². The quantitative estimate of drug-likeness (QED) is 0.231. The number of sulfonamides is 1. The Morgan fingerprint density at radius 2 is 1.65 bits per heavy atom. The number of ether oxygens (including phenoxy) is 2. The predicted octanol–water partition coefficient (Wildman–Crippen LogP) is 6.77. The van der Waals surface area contributed by atoms with Gasteiger partial charge in [0.2, 0.25) is 10.0 Å². The molecule has 15 heteroatoms. The number of carbonyl (C=O) groups excluding carboxylic acids is 2. The minimum absolute atomic E-state index is 0.0190. The average Bonchev–Trinajstić information content (AvgIpc) is 3.09. The summed E-state index contributed by atoms with van der Waals surface area (Å²) in [5.74, 6) is -0.628. The number of hydrogen-bond donors (Lipinski definition) is 3. The van der Waals surface area contributed by atoms with Gasteiger partial charge in [-0.15, -0.1) is 0 Å². The molecule has 3 aromatic rings. The number of likely N-dealkylation sites (N-methyl/N-ethyl adjacent to an activating group) is 1. The number of nitrogens with zero attached hydrogens (tertiary/aromatic N) is 2. The minimum Gasteiger partial charge on any atom is -0.490 e. The number of hydrogen-bond acceptors (Lipinski definition) is 7. The predicted molar refractivity (Wildman–Crippen MR) is 192 cm³/mol. The lowest BCUT2D eigenvalue weighted by atomic mass is 10.0. The highest BCUT2D eigenvalue weighted by molar-refractivity contribution is 7.89. The lowest BCUT2D eigenvalue weighted by molar-refractivity contribution is -0.137. The topological polar surface area (TPSA) is 138 Å². The SMILES string of the molecule is Cc1ccc(S(=O)(=O)N(C)C[C@@H]2OCCCC[C@H](C)Oc3ccc(NC(=O)Nc4ccc(C(F)(F)F)cc4)cc3C(=O)N([C@@H](C)CO)C[C@H]2C)cc1. The van der Waals surface area contributed by atoms with Crippen LogP contribution in [0, 0.1) is 12.8 Å². The summed E-state index contributed by atoms with van der Waals surface area (Å²) in [5, 5.41) is 15.3. The molecule has 1 aliphatic rings. The van der Waals surface area contributed by atoms with E-state index in [2.05, 4.69) is 10.6 Å². The molecule has 284 valence electrons. The monoisotopic (exact) mass is 748 g/mol. The van der Waals surface area contributed by atoms with Crippen molar-refractivity contribution >= 4 is 33.3 Å². The molecule has 11 nitrogen and oxygen atoms in total. The standard InChI is InChI=1S/C37H47F3N4O7S/c1-24-9-16-31(17-10-24)52(48,49)43(5)22-34-25(2)21-44(26(3)23-45)35(46)32-20-30(15-18-33(32)51-27(4)8-6-7-19-50-34)42-36(47)41-29-13-11-28(12-14-29)37(38,39)40/h9-18,20,25-27,34,45H,6-8,19,21-23H2,1-5H3,(H2,41,42,47)/t25-,26+,27+,34+/m1/s1. The van der Waals surface area contributed by atoms with Gasteiger partial charge in [0.15, 0.2) is 0 Å². The molecule has 3 aromatic carbocycles. The number of carbonyl (C=O) groups is 2. The fraction of sp³-hybridized carbons (Fsp3) is 0.459. The Bertz CT molecular complexity index is 1770. The number of nitrogens with one attached hydrogen (secondary N) is 2. The number of urea groups is 1. The van der Waals surface area contributed by atoms with Gasteiger partial charge in [-0.3, -0.25) is 4.79 Å². The first kappa shape index (κ1) is 40.6. The Morgan fingerprint density at radius 1 is 1.02 bits per heavy atom. The van der Waals surface area contributed by atoms with Gasteiger partial charge < -0.3 is 30.1 Å². The van der Waals surface area contributed by atoms with E-state index in [9.17, 15) is 36.3 Å². The van der Waals surface area contributed by atoms with Crippen LogP contribution in [0.2, 0.25) is 0 Å². The summed E-state index contributed by atoms with van der Waals surface area (Å²) in [6.45, 7) is 7.38. The normalized spacial score (nSPS) is 20.0. The maximum Gasteiger partial charge on any atom is 0.416 e. The second-order valence-corrected chi connectivity index (χ2v) is 15.3. The summed E-state index contributed by atoms with van der Waals surface area (Å²) >= 11 is 0. The number of aliphatic hydroxyl groups excluding tert-OH is 1. The van der Waals surface area contributed by atoms with E-state index in [1.54, 1.807) is 43.3 Å². The highest BCUT2D eigenvalue weighted by atomic mass is 32.2. The Kier molecular flexibility index (Phi) is 13.7. The van der Waals surface area contributed by atoms with Crippen molar-refractivity contribution in [2.45, 2.75) is 76.3 Å². The summed E-state index contributed by atoms with van der Waals surface area (Å²) in [7, 11) is -2.35. The lowest BCUT2D eigenvalue weighted by Gasteiger charge is -2.35. The number of anilines is 2. The van der Waals surface area contributed by atoms with Gasteiger partial charge in [0.1, 0.15) is 5.75 Å². The van der Waals surface area contributed by atoms with Gasteiger partial charge in [0.05, 0.1) is 40.9 Å². The molecule has 4 atom stereocenters. The second-order valence-electron chi connectivity index (χ2n) is 13.3. The molecule has 3 amide bonds. The van der Waals surface area contributed by atoms with Gasteiger partial charge in [0, 0.05) is 44.0 Å². The number of aliphatic hydroxyl groups is 1. The fourth-order valence-electron chi connectivity index (χ4n) is 5.74. The zero-order valence-electron chi connectivity index (χ0n) is 29.9. The zero-order chi connectivity index (χ0) is 38.2. The largest absolute Gasteiger partial charge is 0.490 e. The number of aryl methyl sites for hydroxylation is 1. The molecule has 0 fully saturated rings. The molecular weight excluding hydrogens is 701 g/mol. The minimum atomic E-state index is -4.52. The molecular formula is C37H47F3N4O7S. The molecule has 0 spiro atoms. The van der Waals surface area contributed by atoms with Crippen molar-refractivity contribution in [1.29, 1.82) is 0 Å². The van der Waals surface area contributed by atoms with Crippen molar-refractivity contribution < 1.29 is 45.8 Å². The van der Waals surface area contributed by atoms with Crippen molar-refractivity contribution in [2.75, 3.05) is 44.0 Å². The van der Waals surface area contributed by atoms with Crippen LogP contribution in [-0.4, -0.2) is 86.3 Å². The van der Waals surface area contributed by atoms with Crippen molar-refractivity contribution in [1.82, 2.24) is 9.21 Å². The molecule has 3 N–H and O–H groups in total. The summed E-state index contributed by atoms with van der Waals surface area (Å²) in [6.07, 6.45) is -3.38. The molecule has 0 saturated heterocycles. The highest BCUT2D eigenvalue weighted by Gasteiger charge is 2.33. The molecule has 0 aromatic heterocycles. The van der Waals surface area contributed by atoms with Gasteiger partial charge in [-0.05, 0) is 94.6 Å². The van der Waals surface area contributed by atoms with Gasteiger partial charge in [-0.1, -0.05) is 24.6 Å². The maximum absolute atomic E-state index is 14.4. The van der Waals surface area contributed by atoms with Crippen LogP contribution in [0.4, 0.5) is 29.3 Å². The molecule has 1 aliphatic heterocycles. The van der Waals surface area contributed by atoms with Gasteiger partial charge in [-0.25, -0.2) is 13.2 Å². The summed E-state index contributed by atoms with van der Waals surface area (Å²) in [6, 6.07) is 13.7. The van der Waals surface area contributed by atoms with Gasteiger partial charge >= 0.3 is 12.2 Å². The van der Waals surface area contributed by atoms with Crippen LogP contribution >= 0.6 is 0 Å². The highest BCUT2D eigenvalue weighted by Crippen LogP contribution is 2.31. The number of amides is 3. The van der Waals surface area contributed by atoms with Crippen molar-refractivity contribution in [3.63, 3.8) is 0 Å². The van der Waals surface area contributed by atoms with Gasteiger partial charge in [0.25, 0.3) is 5.91 Å². The molecule has 0 unspecified atom stereocenters. The van der Waals surface area contributed by atoms with Crippen LogP contribution < -0.4 is 15.4 Å². The Morgan fingerprint density at radius 3 is 2.29 bits per heavy atom. The van der Waals surface area contributed by atoms with E-state index < -0.39 is 51.8 Å². The van der Waals surface area contributed by atoms with E-state index in [4.69, 9.17) is 9.47 Å². The van der Waals surface area contributed by atoms with Crippen molar-refractivity contribution in [2.24, 2.45) is 5.92 Å². The first-order valence-electron chi connectivity index (χ1n) is 17.1. The second kappa shape index (κ2) is 17.6. The lowest BCUT2D eigenvalue weighted by Crippen LogP contribution is -2.48. The third-order valence-electron chi connectivity index (χ3n) is 8.95. The number of alkyl halides is 3. The molecule has 0 saturated carbocycles. The number of fused-ring (bicyclic) bond motifs is 1. The molecule has 4 rings (SSSR count). The Balaban J connectivity index is 1.60. The van der Waals surface area contributed by atoms with Crippen LogP contribution in [-0.2, 0) is 20.9 Å². The van der Waals surface area contributed by atoms with Crippen molar-refractivity contribution in [3.8, 4) is 5.75 Å². The van der Waals surface area contributed by atoms with Crippen LogP contribution in [0.25, 0.3) is 0 Å². The average molecular weight is 749 g/mol. The molecule has 0 bridgehead atoms. The van der Waals surface area contributed by atoms with Gasteiger partial charge in [-0.2, -0.15) is 17.5 Å². The first-order chi connectivity index (χ1) is 24.5. The third kappa shape index (κ3) is 10.7. The smallest absolute Gasteiger partial charge is 0.416 e. The van der Waals surface area contributed by atoms with Crippen LogP contribution in [0.1, 0.15) is 61.5 Å². The van der Waals surface area contributed by atoms with Crippen LogP contribution in [0.3, 0.4) is 0 Å². The summed E-state index contributed by atoms with van der Waals surface area (Å²) < 4.78 is 79.6. The molecule has 0 radical (unpaired) electrons. The number of benzene rings is 3. The van der Waals surface area contributed by atoms with Crippen LogP contribution in [0.15, 0.2) is 71.6 Å². The van der Waals surface area contributed by atoms with E-state index in [1.165, 1.54) is 22.3 Å². The first-order valence-corrected chi connectivity index (χ1v) is 18.6. The zero-order valence-corrected chi connectivity index (χ0v) is 30.8. The summed E-state index contributed by atoms with van der Waals surface area (Å²) in [4.78, 5) is 28.8. The number of halogens is 3.